The summed E-state index contributed by atoms with van der Waals surface area (Å²) in [6, 6.07) is 7.98. The Hall–Kier alpha value is -1.62. The molecule has 0 fully saturated rings. The van der Waals surface area contributed by atoms with E-state index >= 15 is 0 Å². The van der Waals surface area contributed by atoms with Crippen molar-refractivity contribution in [3.63, 3.8) is 0 Å². The predicted octanol–water partition coefficient (Wildman–Crippen LogP) is 3.03. The van der Waals surface area contributed by atoms with Gasteiger partial charge in [0.15, 0.2) is 0 Å². The number of hydrogen-bond donors (Lipinski definition) is 1. The minimum Gasteiger partial charge on any atom is -0.361 e. The van der Waals surface area contributed by atoms with Gasteiger partial charge in [-0.1, -0.05) is 39.3 Å². The van der Waals surface area contributed by atoms with Gasteiger partial charge in [0.1, 0.15) is 11.3 Å². The van der Waals surface area contributed by atoms with Crippen molar-refractivity contribution in [1.82, 2.24) is 10.5 Å². The van der Waals surface area contributed by atoms with E-state index in [1.165, 1.54) is 5.56 Å². The zero-order valence-electron chi connectivity index (χ0n) is 10.9. The second kappa shape index (κ2) is 6.02. The van der Waals surface area contributed by atoms with Gasteiger partial charge in [-0.25, -0.2) is 0 Å². The van der Waals surface area contributed by atoms with E-state index in [9.17, 15) is 4.79 Å². The molecule has 1 aromatic heterocycles. The number of nitrogens with one attached hydrogen (secondary N) is 1. The minimum absolute atomic E-state index is 0.136. The van der Waals surface area contributed by atoms with Crippen molar-refractivity contribution in [3.05, 3.63) is 51.3 Å². The maximum absolute atomic E-state index is 12.0. The number of aryl methyl sites for hydroxylation is 2. The molecule has 1 N–H and O–H groups in total. The van der Waals surface area contributed by atoms with E-state index in [0.29, 0.717) is 23.6 Å². The largest absolute Gasteiger partial charge is 0.361 e. The molecule has 0 atom stereocenters. The summed E-state index contributed by atoms with van der Waals surface area (Å²) in [4.78, 5) is 12.0. The summed E-state index contributed by atoms with van der Waals surface area (Å²) < 4.78 is 6.04. The lowest BCUT2D eigenvalue weighted by Crippen LogP contribution is -2.26. The fraction of sp³-hybridized carbons (Fsp3) is 0.286. The molecule has 0 bridgehead atoms. The highest BCUT2D eigenvalue weighted by molar-refractivity contribution is 9.10. The molecule has 0 saturated carbocycles. The first-order chi connectivity index (χ1) is 9.09. The third kappa shape index (κ3) is 3.23. The molecule has 5 heteroatoms. The van der Waals surface area contributed by atoms with Crippen LogP contribution in [0.3, 0.4) is 0 Å². The fourth-order valence-electron chi connectivity index (χ4n) is 1.91. The normalized spacial score (nSPS) is 10.5. The molecule has 100 valence electrons. The number of carbonyl (C=O) groups excluding carboxylic acids is 1. The highest BCUT2D eigenvalue weighted by Crippen LogP contribution is 2.16. The zero-order chi connectivity index (χ0) is 13.8. The molecule has 0 aliphatic rings. The number of carbonyl (C=O) groups is 1. The summed E-state index contributed by atoms with van der Waals surface area (Å²) in [6.07, 6.45) is 0.774. The third-order valence-electron chi connectivity index (χ3n) is 2.90. The van der Waals surface area contributed by atoms with Gasteiger partial charge in [-0.3, -0.25) is 4.79 Å². The van der Waals surface area contributed by atoms with Gasteiger partial charge in [-0.15, -0.1) is 0 Å². The van der Waals surface area contributed by atoms with Crippen LogP contribution in [0.1, 0.15) is 27.4 Å². The SMILES string of the molecule is Cc1noc(C)c1C(=O)NCCc1ccccc1Br. The van der Waals surface area contributed by atoms with Crippen LogP contribution < -0.4 is 5.32 Å². The summed E-state index contributed by atoms with van der Waals surface area (Å²) in [7, 11) is 0. The molecular formula is C14H15BrN2O2. The Labute approximate surface area is 120 Å². The van der Waals surface area contributed by atoms with Gasteiger partial charge in [0, 0.05) is 11.0 Å². The quantitative estimate of drug-likeness (QED) is 0.941. The van der Waals surface area contributed by atoms with Gasteiger partial charge < -0.3 is 9.84 Å². The maximum Gasteiger partial charge on any atom is 0.256 e. The first-order valence-electron chi connectivity index (χ1n) is 6.04. The number of halogens is 1. The minimum atomic E-state index is -0.136. The van der Waals surface area contributed by atoms with Crippen LogP contribution in [0.15, 0.2) is 33.3 Å². The highest BCUT2D eigenvalue weighted by Gasteiger charge is 2.16. The van der Waals surface area contributed by atoms with E-state index in [-0.39, 0.29) is 5.91 Å². The summed E-state index contributed by atoms with van der Waals surface area (Å²) in [6.45, 7) is 4.08. The summed E-state index contributed by atoms with van der Waals surface area (Å²) in [5.74, 6) is 0.416. The standard InChI is InChI=1S/C14H15BrN2O2/c1-9-13(10(2)19-17-9)14(18)16-8-7-11-5-3-4-6-12(11)15/h3-6H,7-8H2,1-2H3,(H,16,18). The molecule has 1 aromatic carbocycles. The number of nitrogens with zero attached hydrogens (tertiary/aromatic N) is 1. The average Bonchev–Trinajstić information content (AvgIpc) is 2.71. The van der Waals surface area contributed by atoms with Crippen LogP contribution in [-0.4, -0.2) is 17.6 Å². The molecule has 1 amide bonds. The van der Waals surface area contributed by atoms with Crippen LogP contribution in [0.4, 0.5) is 0 Å². The van der Waals surface area contributed by atoms with Gasteiger partial charge in [-0.2, -0.15) is 0 Å². The van der Waals surface area contributed by atoms with Gasteiger partial charge in [0.2, 0.25) is 0 Å². The first-order valence-corrected chi connectivity index (χ1v) is 6.83. The number of rotatable bonds is 4. The van der Waals surface area contributed by atoms with Crippen molar-refractivity contribution in [2.24, 2.45) is 0 Å². The van der Waals surface area contributed by atoms with Crippen molar-refractivity contribution >= 4 is 21.8 Å². The Kier molecular flexibility index (Phi) is 4.37. The smallest absolute Gasteiger partial charge is 0.256 e. The molecule has 0 spiro atoms. The Morgan fingerprint density at radius 3 is 2.74 bits per heavy atom. The van der Waals surface area contributed by atoms with Gasteiger partial charge in [0.05, 0.1) is 5.69 Å². The molecular weight excluding hydrogens is 308 g/mol. The second-order valence-corrected chi connectivity index (χ2v) is 5.15. The van der Waals surface area contributed by atoms with Crippen LogP contribution in [0.5, 0.6) is 0 Å². The topological polar surface area (TPSA) is 55.1 Å². The number of aromatic nitrogens is 1. The van der Waals surface area contributed by atoms with E-state index in [1.807, 2.05) is 24.3 Å². The molecule has 1 heterocycles. The van der Waals surface area contributed by atoms with E-state index < -0.39 is 0 Å². The third-order valence-corrected chi connectivity index (χ3v) is 3.67. The molecule has 19 heavy (non-hydrogen) atoms. The monoisotopic (exact) mass is 322 g/mol. The van der Waals surface area contributed by atoms with Gasteiger partial charge in [0.25, 0.3) is 5.91 Å². The summed E-state index contributed by atoms with van der Waals surface area (Å²) in [5, 5.41) is 6.66. The number of amides is 1. The molecule has 2 rings (SSSR count). The summed E-state index contributed by atoms with van der Waals surface area (Å²) >= 11 is 3.49. The van der Waals surface area contributed by atoms with Crippen molar-refractivity contribution in [2.75, 3.05) is 6.54 Å². The Morgan fingerprint density at radius 1 is 1.37 bits per heavy atom. The molecule has 2 aromatic rings. The Balaban J connectivity index is 1.93. The zero-order valence-corrected chi connectivity index (χ0v) is 12.5. The van der Waals surface area contributed by atoms with E-state index in [1.54, 1.807) is 13.8 Å². The van der Waals surface area contributed by atoms with Crippen molar-refractivity contribution in [2.45, 2.75) is 20.3 Å². The Bertz CT molecular complexity index is 573. The van der Waals surface area contributed by atoms with Crippen molar-refractivity contribution in [3.8, 4) is 0 Å². The van der Waals surface area contributed by atoms with Crippen LogP contribution in [0.25, 0.3) is 0 Å². The maximum atomic E-state index is 12.0. The highest BCUT2D eigenvalue weighted by atomic mass is 79.9. The lowest BCUT2D eigenvalue weighted by Gasteiger charge is -2.06. The number of benzene rings is 1. The first kappa shape index (κ1) is 13.8. The lowest BCUT2D eigenvalue weighted by molar-refractivity contribution is 0.0952. The fourth-order valence-corrected chi connectivity index (χ4v) is 2.39. The molecule has 0 aliphatic heterocycles. The van der Waals surface area contributed by atoms with Crippen molar-refractivity contribution < 1.29 is 9.32 Å². The van der Waals surface area contributed by atoms with Crippen LogP contribution in [0.2, 0.25) is 0 Å². The lowest BCUT2D eigenvalue weighted by atomic mass is 10.1. The molecule has 0 radical (unpaired) electrons. The molecule has 0 unspecified atom stereocenters. The van der Waals surface area contributed by atoms with Crippen molar-refractivity contribution in [1.29, 1.82) is 0 Å². The van der Waals surface area contributed by atoms with E-state index in [0.717, 1.165) is 10.9 Å². The van der Waals surface area contributed by atoms with Gasteiger partial charge >= 0.3 is 0 Å². The molecule has 0 aliphatic carbocycles. The van der Waals surface area contributed by atoms with Crippen LogP contribution in [-0.2, 0) is 6.42 Å². The van der Waals surface area contributed by atoms with Crippen LogP contribution >= 0.6 is 15.9 Å². The van der Waals surface area contributed by atoms with Crippen LogP contribution in [0, 0.1) is 13.8 Å². The predicted molar refractivity (Wildman–Crippen MR) is 76.2 cm³/mol. The summed E-state index contributed by atoms with van der Waals surface area (Å²) in [5.41, 5.74) is 2.32. The molecule has 0 saturated heterocycles. The average molecular weight is 323 g/mol. The number of hydrogen-bond acceptors (Lipinski definition) is 3. The van der Waals surface area contributed by atoms with E-state index in [4.69, 9.17) is 4.52 Å². The van der Waals surface area contributed by atoms with Gasteiger partial charge in [-0.05, 0) is 31.9 Å². The second-order valence-electron chi connectivity index (χ2n) is 4.30. The molecule has 4 nitrogen and oxygen atoms in total. The van der Waals surface area contributed by atoms with E-state index in [2.05, 4.69) is 26.4 Å². The Morgan fingerprint density at radius 2 is 2.11 bits per heavy atom.